The third-order valence-corrected chi connectivity index (χ3v) is 8.33. The summed E-state index contributed by atoms with van der Waals surface area (Å²) in [5.74, 6) is -0.493. The molecule has 2 fully saturated rings. The summed E-state index contributed by atoms with van der Waals surface area (Å²) >= 11 is 3.96. The van der Waals surface area contributed by atoms with Gasteiger partial charge in [-0.05, 0) is 30.9 Å². The van der Waals surface area contributed by atoms with Crippen molar-refractivity contribution < 1.29 is 14.3 Å². The van der Waals surface area contributed by atoms with Gasteiger partial charge in [0.25, 0.3) is 0 Å². The summed E-state index contributed by atoms with van der Waals surface area (Å²) in [4.78, 5) is 31.3. The number of aromatic nitrogens is 1. The molecule has 130 valence electrons. The number of alkyl halides is 1. The highest BCUT2D eigenvalue weighted by Gasteiger charge is 2.90. The highest BCUT2D eigenvalue weighted by Crippen LogP contribution is 2.82. The van der Waals surface area contributed by atoms with Gasteiger partial charge < -0.3 is 14.6 Å². The molecule has 6 heteroatoms. The second-order valence-electron chi connectivity index (χ2n) is 7.36. The van der Waals surface area contributed by atoms with Crippen molar-refractivity contribution in [3.63, 3.8) is 0 Å². The van der Waals surface area contributed by atoms with Crippen LogP contribution >= 0.6 is 15.9 Å². The van der Waals surface area contributed by atoms with Crippen LogP contribution in [-0.4, -0.2) is 35.4 Å². The summed E-state index contributed by atoms with van der Waals surface area (Å²) in [5, 5.41) is 1.20. The van der Waals surface area contributed by atoms with Crippen LogP contribution in [0.3, 0.4) is 0 Å². The lowest BCUT2D eigenvalue weighted by Gasteiger charge is -2.43. The molecule has 3 heterocycles. The number of hydrogen-bond donors (Lipinski definition) is 1. The Morgan fingerprint density at radius 2 is 2.16 bits per heavy atom. The highest BCUT2D eigenvalue weighted by atomic mass is 79.9. The summed E-state index contributed by atoms with van der Waals surface area (Å²) < 4.78 is 4.38. The first-order chi connectivity index (χ1) is 12.0. The Morgan fingerprint density at radius 1 is 1.40 bits per heavy atom. The number of benzene rings is 1. The van der Waals surface area contributed by atoms with Gasteiger partial charge in [0, 0.05) is 22.9 Å². The lowest BCUT2D eigenvalue weighted by Crippen LogP contribution is -2.50. The van der Waals surface area contributed by atoms with Crippen molar-refractivity contribution in [3.8, 4) is 0 Å². The standard InChI is InChI=1S/C19H19BrN2O3/c1-3-17-10-18(17,16(24)25-2)15(23)22-9-8-12-11-6-4-5-7-13(11)21-14(12)19(17,22)20/h4-7,21H,3,8-10H2,1-2H3/t17-,18-,19-/m0/s1. The van der Waals surface area contributed by atoms with Crippen molar-refractivity contribution in [2.75, 3.05) is 13.7 Å². The summed E-state index contributed by atoms with van der Waals surface area (Å²) in [6, 6.07) is 8.22. The van der Waals surface area contributed by atoms with E-state index in [0.717, 1.165) is 24.1 Å². The van der Waals surface area contributed by atoms with Crippen LogP contribution in [0.1, 0.15) is 31.0 Å². The minimum atomic E-state index is -1.04. The monoisotopic (exact) mass is 402 g/mol. The zero-order chi connectivity index (χ0) is 17.6. The Bertz CT molecular complexity index is 953. The first-order valence-corrected chi connectivity index (χ1v) is 9.46. The van der Waals surface area contributed by atoms with Gasteiger partial charge in [-0.15, -0.1) is 0 Å². The number of nitrogens with zero attached hydrogens (tertiary/aromatic N) is 1. The first-order valence-electron chi connectivity index (χ1n) is 8.67. The maximum atomic E-state index is 13.3. The van der Waals surface area contributed by atoms with E-state index in [1.54, 1.807) is 0 Å². The number of nitrogens with one attached hydrogen (secondary N) is 1. The van der Waals surface area contributed by atoms with E-state index < -0.39 is 21.2 Å². The summed E-state index contributed by atoms with van der Waals surface area (Å²) in [6.45, 7) is 2.67. The van der Waals surface area contributed by atoms with Gasteiger partial charge in [-0.1, -0.05) is 41.1 Å². The van der Waals surface area contributed by atoms with E-state index in [0.29, 0.717) is 13.0 Å². The van der Waals surface area contributed by atoms with Crippen LogP contribution in [0.25, 0.3) is 10.9 Å². The normalized spacial score (nSPS) is 35.3. The van der Waals surface area contributed by atoms with Gasteiger partial charge in [0.1, 0.15) is 4.45 Å². The minimum Gasteiger partial charge on any atom is -0.468 e. The quantitative estimate of drug-likeness (QED) is 0.363. The van der Waals surface area contributed by atoms with Crippen molar-refractivity contribution in [1.29, 1.82) is 0 Å². The third kappa shape index (κ3) is 1.37. The number of carbonyl (C=O) groups excluding carboxylic acids is 2. The molecule has 0 unspecified atom stereocenters. The molecule has 5 rings (SSSR count). The van der Waals surface area contributed by atoms with Crippen LogP contribution in [0, 0.1) is 10.8 Å². The topological polar surface area (TPSA) is 62.4 Å². The van der Waals surface area contributed by atoms with Crippen LogP contribution in [-0.2, 0) is 25.2 Å². The Kier molecular flexibility index (Phi) is 2.76. The maximum absolute atomic E-state index is 13.3. The lowest BCUT2D eigenvalue weighted by atomic mass is 9.83. The summed E-state index contributed by atoms with van der Waals surface area (Å²) in [5.41, 5.74) is 1.83. The summed E-state index contributed by atoms with van der Waals surface area (Å²) in [6.07, 6.45) is 2.05. The van der Waals surface area contributed by atoms with Crippen molar-refractivity contribution >= 4 is 38.7 Å². The predicted molar refractivity (Wildman–Crippen MR) is 96.1 cm³/mol. The molecular formula is C19H19BrN2O3. The Labute approximate surface area is 153 Å². The minimum absolute atomic E-state index is 0.0950. The molecule has 1 aliphatic carbocycles. The number of fused-ring (bicyclic) bond motifs is 7. The number of amides is 1. The number of rotatable bonds is 2. The number of esters is 1. The zero-order valence-corrected chi connectivity index (χ0v) is 15.8. The predicted octanol–water partition coefficient (Wildman–Crippen LogP) is 3.07. The van der Waals surface area contributed by atoms with Gasteiger partial charge in [0.05, 0.1) is 12.8 Å². The number of aromatic amines is 1. The van der Waals surface area contributed by atoms with Gasteiger partial charge in [0.15, 0.2) is 5.41 Å². The molecule has 2 aliphatic heterocycles. The number of ether oxygens (including phenoxy) is 1. The van der Waals surface area contributed by atoms with E-state index in [1.165, 1.54) is 18.1 Å². The van der Waals surface area contributed by atoms with E-state index in [2.05, 4.69) is 40.0 Å². The highest BCUT2D eigenvalue weighted by molar-refractivity contribution is 9.09. The number of piperidine rings is 1. The molecule has 0 spiro atoms. The molecule has 0 radical (unpaired) electrons. The number of para-hydroxylation sites is 1. The third-order valence-electron chi connectivity index (χ3n) is 6.74. The van der Waals surface area contributed by atoms with Crippen molar-refractivity contribution in [2.24, 2.45) is 10.8 Å². The zero-order valence-electron chi connectivity index (χ0n) is 14.2. The second-order valence-corrected chi connectivity index (χ2v) is 8.51. The van der Waals surface area contributed by atoms with Crippen LogP contribution in [0.15, 0.2) is 24.3 Å². The fourth-order valence-corrected chi connectivity index (χ4v) is 6.94. The Morgan fingerprint density at radius 3 is 2.88 bits per heavy atom. The lowest BCUT2D eigenvalue weighted by molar-refractivity contribution is -0.154. The van der Waals surface area contributed by atoms with Gasteiger partial charge in [-0.3, -0.25) is 9.59 Å². The van der Waals surface area contributed by atoms with E-state index in [4.69, 9.17) is 4.74 Å². The molecule has 5 nitrogen and oxygen atoms in total. The van der Waals surface area contributed by atoms with Crippen LogP contribution in [0.5, 0.6) is 0 Å². The molecule has 2 aromatic rings. The molecular weight excluding hydrogens is 384 g/mol. The molecule has 0 bridgehead atoms. The van der Waals surface area contributed by atoms with Crippen LogP contribution < -0.4 is 0 Å². The smallest absolute Gasteiger partial charge is 0.322 e. The molecule has 1 saturated carbocycles. The van der Waals surface area contributed by atoms with Crippen molar-refractivity contribution in [3.05, 3.63) is 35.5 Å². The van der Waals surface area contributed by atoms with E-state index in [1.807, 2.05) is 17.0 Å². The molecule has 1 N–H and O–H groups in total. The van der Waals surface area contributed by atoms with E-state index in [9.17, 15) is 9.59 Å². The Hall–Kier alpha value is -1.82. The van der Waals surface area contributed by atoms with Gasteiger partial charge >= 0.3 is 5.97 Å². The molecule has 1 aromatic carbocycles. The van der Waals surface area contributed by atoms with Crippen molar-refractivity contribution in [2.45, 2.75) is 30.6 Å². The fourth-order valence-electron chi connectivity index (χ4n) is 5.50. The largest absolute Gasteiger partial charge is 0.468 e. The van der Waals surface area contributed by atoms with Crippen LogP contribution in [0.2, 0.25) is 0 Å². The SMILES string of the molecule is CC[C@]12C[C@@]1(C(=O)OC)C(=O)N1CCc3c([nH]c4ccccc34)[C@]12Br. The first kappa shape index (κ1) is 15.4. The summed E-state index contributed by atoms with van der Waals surface area (Å²) in [7, 11) is 1.37. The number of carbonyl (C=O) groups is 2. The van der Waals surface area contributed by atoms with Crippen LogP contribution in [0.4, 0.5) is 0 Å². The molecule has 25 heavy (non-hydrogen) atoms. The molecule has 1 amide bonds. The molecule has 3 aliphatic rings. The van der Waals surface area contributed by atoms with Gasteiger partial charge in [-0.25, -0.2) is 0 Å². The van der Waals surface area contributed by atoms with Gasteiger partial charge in [0.2, 0.25) is 5.91 Å². The van der Waals surface area contributed by atoms with E-state index >= 15 is 0 Å². The maximum Gasteiger partial charge on any atom is 0.322 e. The number of halogens is 1. The average molecular weight is 403 g/mol. The second kappa shape index (κ2) is 4.47. The number of hydrogen-bond acceptors (Lipinski definition) is 3. The molecule has 1 aromatic heterocycles. The fraction of sp³-hybridized carbons (Fsp3) is 0.474. The van der Waals surface area contributed by atoms with Crippen molar-refractivity contribution in [1.82, 2.24) is 9.88 Å². The molecule has 3 atom stereocenters. The Balaban J connectivity index is 1.79. The van der Waals surface area contributed by atoms with Gasteiger partial charge in [-0.2, -0.15) is 0 Å². The average Bonchev–Trinajstić information content (AvgIpc) is 3.16. The van der Waals surface area contributed by atoms with E-state index in [-0.39, 0.29) is 5.91 Å². The molecule has 1 saturated heterocycles. The number of H-pyrrole nitrogens is 1. The number of methoxy groups -OCH3 is 1.